The highest BCUT2D eigenvalue weighted by Gasteiger charge is 2.10. The van der Waals surface area contributed by atoms with E-state index in [9.17, 15) is 4.79 Å². The first-order chi connectivity index (χ1) is 11.1. The SMILES string of the molecule is CCCCCCCOc1ccc(CCC(C)C(=O)O)cc1.CN. The molecule has 1 aromatic carbocycles. The first-order valence-corrected chi connectivity index (χ1v) is 8.65. The van der Waals surface area contributed by atoms with Crippen LogP contribution < -0.4 is 10.5 Å². The Kier molecular flexibility index (Phi) is 13.1. The number of benzene rings is 1. The van der Waals surface area contributed by atoms with E-state index >= 15 is 0 Å². The molecule has 132 valence electrons. The van der Waals surface area contributed by atoms with Crippen molar-refractivity contribution in [3.05, 3.63) is 29.8 Å². The van der Waals surface area contributed by atoms with E-state index in [0.29, 0.717) is 6.42 Å². The molecule has 0 aliphatic rings. The third-order valence-corrected chi connectivity index (χ3v) is 3.73. The maximum Gasteiger partial charge on any atom is 0.306 e. The van der Waals surface area contributed by atoms with Crippen LogP contribution in [0.1, 0.15) is 57.9 Å². The van der Waals surface area contributed by atoms with Gasteiger partial charge >= 0.3 is 5.97 Å². The Labute approximate surface area is 141 Å². The Hall–Kier alpha value is -1.55. The lowest BCUT2D eigenvalue weighted by atomic mass is 10.0. The minimum Gasteiger partial charge on any atom is -0.494 e. The summed E-state index contributed by atoms with van der Waals surface area (Å²) < 4.78 is 5.71. The number of carboxylic acid groups (broad SMARTS) is 1. The van der Waals surface area contributed by atoms with Crippen LogP contribution in [0, 0.1) is 5.92 Å². The maximum atomic E-state index is 10.8. The largest absolute Gasteiger partial charge is 0.494 e. The Morgan fingerprint density at radius 2 is 1.74 bits per heavy atom. The van der Waals surface area contributed by atoms with Gasteiger partial charge < -0.3 is 15.6 Å². The van der Waals surface area contributed by atoms with Crippen molar-refractivity contribution in [3.63, 3.8) is 0 Å². The van der Waals surface area contributed by atoms with Gasteiger partial charge in [0.2, 0.25) is 0 Å². The third-order valence-electron chi connectivity index (χ3n) is 3.73. The van der Waals surface area contributed by atoms with E-state index in [1.165, 1.54) is 38.3 Å². The van der Waals surface area contributed by atoms with Crippen molar-refractivity contribution in [3.8, 4) is 5.75 Å². The molecule has 0 aliphatic carbocycles. The van der Waals surface area contributed by atoms with Crippen molar-refractivity contribution >= 4 is 5.97 Å². The van der Waals surface area contributed by atoms with E-state index in [4.69, 9.17) is 9.84 Å². The van der Waals surface area contributed by atoms with Gasteiger partial charge in [0.05, 0.1) is 12.5 Å². The second-order valence-corrected chi connectivity index (χ2v) is 5.68. The highest BCUT2D eigenvalue weighted by molar-refractivity contribution is 5.69. The van der Waals surface area contributed by atoms with Gasteiger partial charge in [-0.15, -0.1) is 0 Å². The molecule has 3 N–H and O–H groups in total. The van der Waals surface area contributed by atoms with Crippen molar-refractivity contribution in [2.45, 2.75) is 58.8 Å². The topological polar surface area (TPSA) is 72.5 Å². The zero-order valence-electron chi connectivity index (χ0n) is 14.9. The number of rotatable bonds is 11. The van der Waals surface area contributed by atoms with Crippen molar-refractivity contribution in [1.82, 2.24) is 0 Å². The van der Waals surface area contributed by atoms with Crippen molar-refractivity contribution in [2.75, 3.05) is 13.7 Å². The molecule has 0 saturated carbocycles. The predicted octanol–water partition coefficient (Wildman–Crippen LogP) is 4.26. The van der Waals surface area contributed by atoms with E-state index in [1.807, 2.05) is 24.3 Å². The number of carbonyl (C=O) groups is 1. The average molecular weight is 323 g/mol. The summed E-state index contributed by atoms with van der Waals surface area (Å²) in [6.45, 7) is 4.74. The maximum absolute atomic E-state index is 10.8. The fourth-order valence-corrected chi connectivity index (χ4v) is 2.15. The van der Waals surface area contributed by atoms with Crippen LogP contribution in [0.5, 0.6) is 5.75 Å². The van der Waals surface area contributed by atoms with Crippen LogP contribution in [0.25, 0.3) is 0 Å². The van der Waals surface area contributed by atoms with Crippen LogP contribution in [-0.2, 0) is 11.2 Å². The molecule has 0 amide bonds. The van der Waals surface area contributed by atoms with Crippen LogP contribution in [0.15, 0.2) is 24.3 Å². The summed E-state index contributed by atoms with van der Waals surface area (Å²) in [5.74, 6) is -0.109. The zero-order chi connectivity index (χ0) is 17.5. The smallest absolute Gasteiger partial charge is 0.306 e. The molecule has 0 bridgehead atoms. The molecule has 4 nitrogen and oxygen atoms in total. The van der Waals surface area contributed by atoms with Crippen molar-refractivity contribution < 1.29 is 14.6 Å². The number of nitrogens with two attached hydrogens (primary N) is 1. The molecule has 0 spiro atoms. The lowest BCUT2D eigenvalue weighted by Gasteiger charge is -2.08. The number of hydrogen-bond donors (Lipinski definition) is 2. The highest BCUT2D eigenvalue weighted by atomic mass is 16.5. The number of aryl methyl sites for hydroxylation is 1. The molecule has 1 unspecified atom stereocenters. The van der Waals surface area contributed by atoms with E-state index < -0.39 is 5.97 Å². The Morgan fingerprint density at radius 3 is 2.30 bits per heavy atom. The average Bonchev–Trinajstić information content (AvgIpc) is 2.58. The van der Waals surface area contributed by atoms with Crippen LogP contribution in [0.2, 0.25) is 0 Å². The lowest BCUT2D eigenvalue weighted by molar-refractivity contribution is -0.141. The van der Waals surface area contributed by atoms with Gasteiger partial charge in [-0.1, -0.05) is 51.7 Å². The van der Waals surface area contributed by atoms with Gasteiger partial charge in [0, 0.05) is 0 Å². The zero-order valence-corrected chi connectivity index (χ0v) is 14.9. The number of hydrogen-bond acceptors (Lipinski definition) is 3. The first kappa shape index (κ1) is 21.4. The molecule has 0 fully saturated rings. The van der Waals surface area contributed by atoms with E-state index in [2.05, 4.69) is 12.7 Å². The van der Waals surface area contributed by atoms with Gasteiger partial charge in [-0.3, -0.25) is 4.79 Å². The quantitative estimate of drug-likeness (QED) is 0.597. The van der Waals surface area contributed by atoms with Gasteiger partial charge in [0.1, 0.15) is 5.75 Å². The summed E-state index contributed by atoms with van der Waals surface area (Å²) in [5.41, 5.74) is 5.67. The van der Waals surface area contributed by atoms with Crippen LogP contribution in [0.3, 0.4) is 0 Å². The molecule has 0 heterocycles. The number of carboxylic acids is 1. The molecule has 4 heteroatoms. The molecule has 1 aromatic rings. The minimum atomic E-state index is -0.724. The fourth-order valence-electron chi connectivity index (χ4n) is 2.15. The fraction of sp³-hybridized carbons (Fsp3) is 0.632. The van der Waals surface area contributed by atoms with Gasteiger partial charge in [-0.2, -0.15) is 0 Å². The van der Waals surface area contributed by atoms with Crippen LogP contribution in [0.4, 0.5) is 0 Å². The summed E-state index contributed by atoms with van der Waals surface area (Å²) in [4.78, 5) is 10.8. The first-order valence-electron chi connectivity index (χ1n) is 8.65. The molecular weight excluding hydrogens is 290 g/mol. The summed E-state index contributed by atoms with van der Waals surface area (Å²) >= 11 is 0. The Morgan fingerprint density at radius 1 is 1.13 bits per heavy atom. The predicted molar refractivity (Wildman–Crippen MR) is 95.9 cm³/mol. The number of ether oxygens (including phenoxy) is 1. The summed E-state index contributed by atoms with van der Waals surface area (Å²) in [5, 5.41) is 8.86. The third kappa shape index (κ3) is 10.7. The van der Waals surface area contributed by atoms with Crippen molar-refractivity contribution in [1.29, 1.82) is 0 Å². The standard InChI is InChI=1S/C18H28O3.CH5N/c1-3-4-5-6-7-14-21-17-12-10-16(11-13-17)9-8-15(2)18(19)20;1-2/h10-13,15H,3-9,14H2,1-2H3,(H,19,20);2H2,1H3. The molecule has 1 rings (SSSR count). The van der Waals surface area contributed by atoms with Gasteiger partial charge in [-0.05, 0) is 44.0 Å². The van der Waals surface area contributed by atoms with E-state index in [0.717, 1.165) is 25.2 Å². The second kappa shape index (κ2) is 14.1. The molecule has 1 atom stereocenters. The second-order valence-electron chi connectivity index (χ2n) is 5.68. The van der Waals surface area contributed by atoms with Crippen LogP contribution in [-0.4, -0.2) is 24.7 Å². The highest BCUT2D eigenvalue weighted by Crippen LogP contribution is 2.16. The van der Waals surface area contributed by atoms with Crippen LogP contribution >= 0.6 is 0 Å². The lowest BCUT2D eigenvalue weighted by Crippen LogP contribution is -2.10. The molecule has 0 radical (unpaired) electrons. The Balaban J connectivity index is 0.00000232. The number of unbranched alkanes of at least 4 members (excludes halogenated alkanes) is 4. The molecule has 0 aliphatic heterocycles. The summed E-state index contributed by atoms with van der Waals surface area (Å²) in [6.07, 6.45) is 7.68. The van der Waals surface area contributed by atoms with Crippen molar-refractivity contribution in [2.24, 2.45) is 11.7 Å². The minimum absolute atomic E-state index is 0.288. The molecule has 0 saturated heterocycles. The van der Waals surface area contributed by atoms with Gasteiger partial charge in [0.15, 0.2) is 0 Å². The molecule has 23 heavy (non-hydrogen) atoms. The molecule has 0 aromatic heterocycles. The van der Waals surface area contributed by atoms with E-state index in [-0.39, 0.29) is 5.92 Å². The Bertz CT molecular complexity index is 404. The summed E-state index contributed by atoms with van der Waals surface area (Å²) in [6, 6.07) is 8.02. The van der Waals surface area contributed by atoms with Gasteiger partial charge in [-0.25, -0.2) is 0 Å². The van der Waals surface area contributed by atoms with E-state index in [1.54, 1.807) is 6.92 Å². The normalized spacial score (nSPS) is 11.3. The van der Waals surface area contributed by atoms with Gasteiger partial charge in [0.25, 0.3) is 0 Å². The monoisotopic (exact) mass is 323 g/mol. The number of aliphatic carboxylic acids is 1. The summed E-state index contributed by atoms with van der Waals surface area (Å²) in [7, 11) is 1.50. The molecular formula is C19H33NO3.